The van der Waals surface area contributed by atoms with Gasteiger partial charge in [0.25, 0.3) is 0 Å². The van der Waals surface area contributed by atoms with Crippen LogP contribution in [-0.2, 0) is 9.53 Å². The lowest BCUT2D eigenvalue weighted by atomic mass is 10.1. The van der Waals surface area contributed by atoms with Crippen molar-refractivity contribution in [2.75, 3.05) is 13.2 Å². The van der Waals surface area contributed by atoms with Crippen LogP contribution in [0.2, 0.25) is 0 Å². The molecule has 126 valence electrons. The summed E-state index contributed by atoms with van der Waals surface area (Å²) in [7, 11) is 0. The molecule has 0 aromatic rings. The lowest BCUT2D eigenvalue weighted by Gasteiger charge is -2.24. The second kappa shape index (κ2) is 7.98. The number of hydrogen-bond acceptors (Lipinski definition) is 4. The molecule has 5 heteroatoms. The number of nitrogens with one attached hydrogen (secondary N) is 1. The first-order chi connectivity index (χ1) is 11.8. The van der Waals surface area contributed by atoms with Crippen molar-refractivity contribution in [3.8, 4) is 6.07 Å². The Morgan fingerprint density at radius 3 is 2.96 bits per heavy atom. The van der Waals surface area contributed by atoms with Gasteiger partial charge in [-0.05, 0) is 37.8 Å². The fourth-order valence-electron chi connectivity index (χ4n) is 3.35. The van der Waals surface area contributed by atoms with E-state index in [1.54, 1.807) is 4.90 Å². The summed E-state index contributed by atoms with van der Waals surface area (Å²) < 4.78 is 5.85. The van der Waals surface area contributed by atoms with Crippen molar-refractivity contribution < 1.29 is 9.53 Å². The van der Waals surface area contributed by atoms with Crippen LogP contribution in [-0.4, -0.2) is 42.1 Å². The van der Waals surface area contributed by atoms with Crippen LogP contribution >= 0.6 is 0 Å². The minimum absolute atomic E-state index is 0.0692. The van der Waals surface area contributed by atoms with Crippen molar-refractivity contribution in [1.82, 2.24) is 10.2 Å². The Morgan fingerprint density at radius 1 is 1.25 bits per heavy atom. The summed E-state index contributed by atoms with van der Waals surface area (Å²) in [6, 6.07) is 1.97. The highest BCUT2D eigenvalue weighted by Gasteiger charge is 2.36. The molecule has 24 heavy (non-hydrogen) atoms. The van der Waals surface area contributed by atoms with Crippen molar-refractivity contribution in [1.29, 1.82) is 5.26 Å². The molecule has 3 rings (SSSR count). The monoisotopic (exact) mass is 325 g/mol. The van der Waals surface area contributed by atoms with E-state index in [0.29, 0.717) is 13.2 Å². The maximum Gasteiger partial charge on any atom is 0.240 e. The van der Waals surface area contributed by atoms with Crippen LogP contribution in [0.25, 0.3) is 0 Å². The topological polar surface area (TPSA) is 65.4 Å². The zero-order valence-electron chi connectivity index (χ0n) is 13.7. The largest absolute Gasteiger partial charge is 0.492 e. The molecule has 1 N–H and O–H groups in total. The molecule has 0 bridgehead atoms. The molecule has 2 heterocycles. The minimum Gasteiger partial charge on any atom is -0.492 e. The molecular weight excluding hydrogens is 302 g/mol. The summed E-state index contributed by atoms with van der Waals surface area (Å²) in [5.41, 5.74) is 0. The second-order valence-corrected chi connectivity index (χ2v) is 6.32. The van der Waals surface area contributed by atoms with Gasteiger partial charge in [-0.1, -0.05) is 30.4 Å². The minimum atomic E-state index is -0.250. The Kier molecular flexibility index (Phi) is 5.50. The fraction of sp³-hybridized carbons (Fsp3) is 0.474. The van der Waals surface area contributed by atoms with Crippen LogP contribution in [0.3, 0.4) is 0 Å². The van der Waals surface area contributed by atoms with Crippen LogP contribution in [0, 0.1) is 11.3 Å². The fourth-order valence-corrected chi connectivity index (χ4v) is 3.35. The summed E-state index contributed by atoms with van der Waals surface area (Å²) in [4.78, 5) is 14.3. The second-order valence-electron chi connectivity index (χ2n) is 6.32. The Balaban J connectivity index is 1.49. The molecule has 0 spiro atoms. The number of rotatable bonds is 4. The van der Waals surface area contributed by atoms with Gasteiger partial charge in [0.05, 0.1) is 12.1 Å². The van der Waals surface area contributed by atoms with E-state index in [-0.39, 0.29) is 24.0 Å². The Labute approximate surface area is 143 Å². The number of nitriles is 1. The van der Waals surface area contributed by atoms with E-state index in [2.05, 4.69) is 11.4 Å². The standard InChI is InChI=1S/C19H23N3O2/c20-13-16-7-6-12-22(16)19(23)18-11-10-15(21-18)14-24-17-8-4-2-1-3-5-9-17/h1-5,8-9,15-16,18,21H,6-7,10-12,14H2/b2-1-,3-1?,4-2?,5-3-,8-4-,9-5?,17-8?,17-9+. The molecule has 3 aliphatic rings. The number of likely N-dealkylation sites (tertiary alicyclic amines) is 1. The summed E-state index contributed by atoms with van der Waals surface area (Å²) in [6.45, 7) is 1.24. The van der Waals surface area contributed by atoms with Crippen LogP contribution in [0.1, 0.15) is 25.7 Å². The zero-order valence-corrected chi connectivity index (χ0v) is 13.7. The highest BCUT2D eigenvalue weighted by Crippen LogP contribution is 2.22. The first kappa shape index (κ1) is 16.5. The quantitative estimate of drug-likeness (QED) is 0.860. The molecule has 1 aliphatic carbocycles. The van der Waals surface area contributed by atoms with E-state index in [1.807, 2.05) is 42.5 Å². The van der Waals surface area contributed by atoms with Gasteiger partial charge in [0, 0.05) is 12.6 Å². The Bertz CT molecular complexity index is 627. The first-order valence-electron chi connectivity index (χ1n) is 8.58. The van der Waals surface area contributed by atoms with Gasteiger partial charge in [-0.25, -0.2) is 0 Å². The van der Waals surface area contributed by atoms with Gasteiger partial charge >= 0.3 is 0 Å². The molecule has 0 aromatic heterocycles. The van der Waals surface area contributed by atoms with Crippen molar-refractivity contribution in [2.24, 2.45) is 0 Å². The third kappa shape index (κ3) is 3.95. The van der Waals surface area contributed by atoms with Gasteiger partial charge in [-0.3, -0.25) is 10.1 Å². The van der Waals surface area contributed by atoms with Gasteiger partial charge in [0.1, 0.15) is 18.4 Å². The molecule has 2 saturated heterocycles. The van der Waals surface area contributed by atoms with Crippen LogP contribution in [0.15, 0.2) is 48.3 Å². The third-order valence-electron chi connectivity index (χ3n) is 4.64. The zero-order chi connectivity index (χ0) is 16.8. The summed E-state index contributed by atoms with van der Waals surface area (Å²) in [5, 5.41) is 12.5. The van der Waals surface area contributed by atoms with E-state index < -0.39 is 0 Å². The van der Waals surface area contributed by atoms with Gasteiger partial charge in [0.2, 0.25) is 5.91 Å². The highest BCUT2D eigenvalue weighted by molar-refractivity contribution is 5.83. The number of nitrogens with zero attached hydrogens (tertiary/aromatic N) is 2. The molecule has 3 atom stereocenters. The van der Waals surface area contributed by atoms with Crippen LogP contribution in [0.5, 0.6) is 0 Å². The molecule has 0 aromatic carbocycles. The average Bonchev–Trinajstić information content (AvgIpc) is 3.22. The van der Waals surface area contributed by atoms with Gasteiger partial charge in [0.15, 0.2) is 0 Å². The third-order valence-corrected chi connectivity index (χ3v) is 4.64. The molecule has 0 radical (unpaired) electrons. The average molecular weight is 325 g/mol. The number of hydrogen-bond donors (Lipinski definition) is 1. The number of ether oxygens (including phenoxy) is 1. The van der Waals surface area contributed by atoms with Crippen molar-refractivity contribution in [3.05, 3.63) is 48.3 Å². The summed E-state index contributed by atoms with van der Waals surface area (Å²) in [5.74, 6) is 0.885. The van der Waals surface area contributed by atoms with Crippen molar-refractivity contribution in [2.45, 2.75) is 43.8 Å². The summed E-state index contributed by atoms with van der Waals surface area (Å²) >= 11 is 0. The molecule has 1 amide bonds. The number of carbonyl (C=O) groups excluding carboxylic acids is 1. The first-order valence-corrected chi connectivity index (χ1v) is 8.58. The van der Waals surface area contributed by atoms with E-state index in [9.17, 15) is 4.79 Å². The van der Waals surface area contributed by atoms with Crippen LogP contribution < -0.4 is 5.32 Å². The molecular formula is C19H23N3O2. The Morgan fingerprint density at radius 2 is 2.08 bits per heavy atom. The molecule has 3 unspecified atom stereocenters. The van der Waals surface area contributed by atoms with Gasteiger partial charge in [-0.2, -0.15) is 5.26 Å². The molecule has 2 aliphatic heterocycles. The number of allylic oxidation sites excluding steroid dienone is 7. The van der Waals surface area contributed by atoms with Crippen molar-refractivity contribution >= 4 is 5.91 Å². The highest BCUT2D eigenvalue weighted by atomic mass is 16.5. The normalized spacial score (nSPS) is 35.2. The van der Waals surface area contributed by atoms with E-state index in [4.69, 9.17) is 10.00 Å². The van der Waals surface area contributed by atoms with E-state index >= 15 is 0 Å². The molecule has 5 nitrogen and oxygen atoms in total. The predicted molar refractivity (Wildman–Crippen MR) is 91.7 cm³/mol. The number of carbonyl (C=O) groups is 1. The van der Waals surface area contributed by atoms with Gasteiger partial charge < -0.3 is 9.64 Å². The van der Waals surface area contributed by atoms with Crippen LogP contribution in [0.4, 0.5) is 0 Å². The number of amides is 1. The Hall–Kier alpha value is -2.32. The molecule has 0 saturated carbocycles. The SMILES string of the molecule is N#CC1CCCN1C(=O)C1CCC(COC2=C/C=C\C=C/C=C\2)N1. The lowest BCUT2D eigenvalue weighted by Crippen LogP contribution is -2.47. The maximum absolute atomic E-state index is 12.6. The predicted octanol–water partition coefficient (Wildman–Crippen LogP) is 2.20. The van der Waals surface area contributed by atoms with E-state index in [1.165, 1.54) is 0 Å². The molecule has 2 fully saturated rings. The maximum atomic E-state index is 12.6. The van der Waals surface area contributed by atoms with Crippen molar-refractivity contribution in [3.63, 3.8) is 0 Å². The lowest BCUT2D eigenvalue weighted by molar-refractivity contribution is -0.133. The summed E-state index contributed by atoms with van der Waals surface area (Å²) in [6.07, 6.45) is 17.1. The van der Waals surface area contributed by atoms with E-state index in [0.717, 1.165) is 31.4 Å². The van der Waals surface area contributed by atoms with Gasteiger partial charge in [-0.15, -0.1) is 0 Å². The smallest absolute Gasteiger partial charge is 0.240 e.